The molecular formula is C21H27N3O3. The van der Waals surface area contributed by atoms with Gasteiger partial charge in [0.05, 0.1) is 30.5 Å². The van der Waals surface area contributed by atoms with Crippen LogP contribution in [0.2, 0.25) is 0 Å². The molecule has 2 N–H and O–H groups in total. The van der Waals surface area contributed by atoms with Crippen LogP contribution in [0.15, 0.2) is 41.9 Å². The van der Waals surface area contributed by atoms with Crippen LogP contribution in [0.1, 0.15) is 33.1 Å². The number of methoxy groups -OCH3 is 1. The molecular weight excluding hydrogens is 342 g/mol. The molecule has 1 aliphatic heterocycles. The van der Waals surface area contributed by atoms with Gasteiger partial charge in [-0.1, -0.05) is 6.07 Å². The Hall–Kier alpha value is -2.76. The van der Waals surface area contributed by atoms with Crippen molar-refractivity contribution in [1.29, 1.82) is 0 Å². The van der Waals surface area contributed by atoms with Crippen LogP contribution >= 0.6 is 0 Å². The van der Waals surface area contributed by atoms with Crippen LogP contribution < -0.4 is 15.4 Å². The first kappa shape index (κ1) is 19.0. The van der Waals surface area contributed by atoms with Gasteiger partial charge in [0.15, 0.2) is 11.7 Å². The summed E-state index contributed by atoms with van der Waals surface area (Å²) in [6, 6.07) is 8.21. The van der Waals surface area contributed by atoms with E-state index < -0.39 is 0 Å². The first-order chi connectivity index (χ1) is 13.1. The first-order valence-corrected chi connectivity index (χ1v) is 9.38. The number of rotatable bonds is 9. The highest BCUT2D eigenvalue weighted by molar-refractivity contribution is 5.94. The van der Waals surface area contributed by atoms with Gasteiger partial charge in [-0.15, -0.1) is 0 Å². The average Bonchev–Trinajstić information content (AvgIpc) is 3.14. The number of benzene rings is 1. The van der Waals surface area contributed by atoms with Gasteiger partial charge in [-0.3, -0.25) is 9.78 Å². The minimum absolute atomic E-state index is 0.0856. The molecule has 144 valence electrons. The Morgan fingerprint density at radius 3 is 3.04 bits per heavy atom. The maximum atomic E-state index is 11.6. The largest absolute Gasteiger partial charge is 0.497 e. The second kappa shape index (κ2) is 8.75. The third-order valence-corrected chi connectivity index (χ3v) is 4.71. The summed E-state index contributed by atoms with van der Waals surface area (Å²) in [6.45, 7) is 5.10. The fraction of sp³-hybridized carbons (Fsp3) is 0.429. The van der Waals surface area contributed by atoms with E-state index >= 15 is 0 Å². The van der Waals surface area contributed by atoms with Gasteiger partial charge in [0.1, 0.15) is 5.75 Å². The molecule has 3 rings (SSSR count). The van der Waals surface area contributed by atoms with E-state index in [1.54, 1.807) is 20.2 Å². The molecule has 0 saturated heterocycles. The molecule has 6 nitrogen and oxygen atoms in total. The summed E-state index contributed by atoms with van der Waals surface area (Å²) in [4.78, 5) is 16.1. The summed E-state index contributed by atoms with van der Waals surface area (Å²) < 4.78 is 10.9. The van der Waals surface area contributed by atoms with Gasteiger partial charge in [0.2, 0.25) is 0 Å². The molecule has 0 radical (unpaired) electrons. The Kier molecular flexibility index (Phi) is 6.16. The summed E-state index contributed by atoms with van der Waals surface area (Å²) in [6.07, 6.45) is 4.44. The zero-order valence-corrected chi connectivity index (χ0v) is 16.2. The van der Waals surface area contributed by atoms with Gasteiger partial charge in [-0.2, -0.15) is 0 Å². The van der Waals surface area contributed by atoms with E-state index in [-0.39, 0.29) is 11.8 Å². The first-order valence-electron chi connectivity index (χ1n) is 9.38. The van der Waals surface area contributed by atoms with Gasteiger partial charge in [0, 0.05) is 36.7 Å². The number of ketones is 1. The van der Waals surface area contributed by atoms with Crippen LogP contribution in [0.4, 0.5) is 5.69 Å². The van der Waals surface area contributed by atoms with Crippen molar-refractivity contribution < 1.29 is 14.3 Å². The van der Waals surface area contributed by atoms with Gasteiger partial charge < -0.3 is 20.1 Å². The van der Waals surface area contributed by atoms with E-state index in [0.717, 1.165) is 47.3 Å². The van der Waals surface area contributed by atoms with Gasteiger partial charge >= 0.3 is 0 Å². The fourth-order valence-electron chi connectivity index (χ4n) is 3.29. The zero-order chi connectivity index (χ0) is 19.2. The van der Waals surface area contributed by atoms with Crippen molar-refractivity contribution in [3.05, 3.63) is 41.9 Å². The van der Waals surface area contributed by atoms with Crippen molar-refractivity contribution >= 4 is 22.4 Å². The number of aromatic nitrogens is 1. The van der Waals surface area contributed by atoms with Crippen LogP contribution in [-0.4, -0.2) is 37.1 Å². The molecule has 0 fully saturated rings. The number of nitrogens with zero attached hydrogens (tertiary/aromatic N) is 1. The zero-order valence-electron chi connectivity index (χ0n) is 16.2. The molecule has 0 saturated carbocycles. The van der Waals surface area contributed by atoms with E-state index in [1.165, 1.54) is 0 Å². The van der Waals surface area contributed by atoms with Crippen molar-refractivity contribution in [3.8, 4) is 5.75 Å². The molecule has 1 aromatic carbocycles. The maximum Gasteiger partial charge on any atom is 0.193 e. The smallest absolute Gasteiger partial charge is 0.193 e. The molecule has 27 heavy (non-hydrogen) atoms. The lowest BCUT2D eigenvalue weighted by Gasteiger charge is -2.18. The molecule has 2 aromatic rings. The number of Topliss-reactive ketones (excluding diaryl/α,β-unsaturated/α-hetero) is 1. The van der Waals surface area contributed by atoms with Crippen LogP contribution in [0.3, 0.4) is 0 Å². The second-order valence-electron chi connectivity index (χ2n) is 6.83. The predicted octanol–water partition coefficient (Wildman–Crippen LogP) is 3.63. The van der Waals surface area contributed by atoms with Crippen molar-refractivity contribution in [2.75, 3.05) is 25.6 Å². The third-order valence-electron chi connectivity index (χ3n) is 4.71. The lowest BCUT2D eigenvalue weighted by molar-refractivity contribution is -0.113. The van der Waals surface area contributed by atoms with E-state index in [9.17, 15) is 4.79 Å². The molecule has 0 unspecified atom stereocenters. The van der Waals surface area contributed by atoms with Gasteiger partial charge in [-0.05, 0) is 38.8 Å². The van der Waals surface area contributed by atoms with Crippen LogP contribution in [0, 0.1) is 0 Å². The van der Waals surface area contributed by atoms with E-state index in [1.807, 2.05) is 24.3 Å². The Balaban J connectivity index is 1.55. The molecule has 1 atom stereocenters. The second-order valence-corrected chi connectivity index (χ2v) is 6.83. The molecule has 0 spiro atoms. The Labute approximate surface area is 160 Å². The number of pyridine rings is 1. The minimum atomic E-state index is 0.0856. The molecule has 6 heteroatoms. The molecule has 0 bridgehead atoms. The van der Waals surface area contributed by atoms with E-state index in [2.05, 4.69) is 22.5 Å². The number of ether oxygens (including phenoxy) is 2. The van der Waals surface area contributed by atoms with Crippen LogP contribution in [0.5, 0.6) is 5.75 Å². The van der Waals surface area contributed by atoms with Crippen molar-refractivity contribution in [1.82, 2.24) is 10.3 Å². The Bertz CT molecular complexity index is 848. The van der Waals surface area contributed by atoms with Crippen molar-refractivity contribution in [2.45, 2.75) is 39.2 Å². The summed E-state index contributed by atoms with van der Waals surface area (Å²) in [5, 5.41) is 7.86. The monoisotopic (exact) mass is 369 g/mol. The highest BCUT2D eigenvalue weighted by Crippen LogP contribution is 2.28. The molecule has 1 aliphatic rings. The third kappa shape index (κ3) is 4.70. The van der Waals surface area contributed by atoms with E-state index in [0.29, 0.717) is 18.9 Å². The number of hydrogen-bond donors (Lipinski definition) is 2. The van der Waals surface area contributed by atoms with Crippen molar-refractivity contribution in [3.63, 3.8) is 0 Å². The fourth-order valence-corrected chi connectivity index (χ4v) is 3.29. The molecule has 0 amide bonds. The van der Waals surface area contributed by atoms with Gasteiger partial charge in [-0.25, -0.2) is 0 Å². The minimum Gasteiger partial charge on any atom is -0.497 e. The highest BCUT2D eigenvalue weighted by atomic mass is 16.5. The number of anilines is 1. The number of fused-ring (bicyclic) bond motifs is 1. The number of hydrogen-bond acceptors (Lipinski definition) is 6. The normalized spacial score (nSPS) is 14.8. The topological polar surface area (TPSA) is 72.5 Å². The van der Waals surface area contributed by atoms with Crippen LogP contribution in [0.25, 0.3) is 10.9 Å². The standard InChI is InChI=1S/C21H27N3O3/c1-14(6-4-10-23-21-18(15(2)25)8-11-27-21)24-19-13-17(26-3)12-16-7-5-9-22-20(16)19/h5,7,9,12-14,23-24H,4,6,8,10-11H2,1-3H3/t14-/m1/s1. The summed E-state index contributed by atoms with van der Waals surface area (Å²) in [5.41, 5.74) is 2.69. The lowest BCUT2D eigenvalue weighted by Crippen LogP contribution is -2.21. The quantitative estimate of drug-likeness (QED) is 0.658. The SMILES string of the molecule is COc1cc(N[C@H](C)CCCNC2=C(C(C)=O)CCO2)c2ncccc2c1. The van der Waals surface area contributed by atoms with Crippen molar-refractivity contribution in [2.24, 2.45) is 0 Å². The Morgan fingerprint density at radius 1 is 1.41 bits per heavy atom. The van der Waals surface area contributed by atoms with Crippen LogP contribution in [-0.2, 0) is 9.53 Å². The summed E-state index contributed by atoms with van der Waals surface area (Å²) >= 11 is 0. The molecule has 2 heterocycles. The number of nitrogens with one attached hydrogen (secondary N) is 2. The predicted molar refractivity (Wildman–Crippen MR) is 107 cm³/mol. The number of carbonyl (C=O) groups is 1. The number of carbonyl (C=O) groups excluding carboxylic acids is 1. The summed E-state index contributed by atoms with van der Waals surface area (Å²) in [5.74, 6) is 1.56. The highest BCUT2D eigenvalue weighted by Gasteiger charge is 2.19. The lowest BCUT2D eigenvalue weighted by atomic mass is 10.1. The Morgan fingerprint density at radius 2 is 2.26 bits per heavy atom. The summed E-state index contributed by atoms with van der Waals surface area (Å²) in [7, 11) is 1.67. The maximum absolute atomic E-state index is 11.6. The van der Waals surface area contributed by atoms with E-state index in [4.69, 9.17) is 9.47 Å². The average molecular weight is 369 g/mol. The molecule has 1 aromatic heterocycles. The molecule has 0 aliphatic carbocycles. The van der Waals surface area contributed by atoms with Gasteiger partial charge in [0.25, 0.3) is 0 Å².